The van der Waals surface area contributed by atoms with Crippen LogP contribution in [0.1, 0.15) is 32.1 Å². The van der Waals surface area contributed by atoms with Gasteiger partial charge in [0, 0.05) is 38.9 Å². The highest BCUT2D eigenvalue weighted by atomic mass is 16.5. The van der Waals surface area contributed by atoms with Crippen molar-refractivity contribution in [1.29, 1.82) is 0 Å². The van der Waals surface area contributed by atoms with Crippen molar-refractivity contribution in [2.24, 2.45) is 5.41 Å². The molecule has 0 bridgehead atoms. The van der Waals surface area contributed by atoms with Crippen LogP contribution in [0.25, 0.3) is 4.85 Å². The molecule has 3 aliphatic heterocycles. The first kappa shape index (κ1) is 16.3. The number of carbonyl (C=O) groups excluding carboxylic acids is 1. The smallest absolute Gasteiger partial charge is 0.312 e. The summed E-state index contributed by atoms with van der Waals surface area (Å²) in [7, 11) is 0. The average Bonchev–Trinajstić information content (AvgIpc) is 2.98. The van der Waals surface area contributed by atoms with Crippen LogP contribution >= 0.6 is 0 Å². The summed E-state index contributed by atoms with van der Waals surface area (Å²) >= 11 is 0. The standard InChI is InChI=1S/C18H23N5O2/c1-19-15-16(21-8-7-20-15)22-9-2-5-18(13-22)6-10-23(17(18)24)14-3-11-25-12-4-14/h7-8,14H,2-6,9-13H2/t18-/m0/s1. The van der Waals surface area contributed by atoms with E-state index in [9.17, 15) is 4.79 Å². The van der Waals surface area contributed by atoms with E-state index in [2.05, 4.69) is 24.6 Å². The van der Waals surface area contributed by atoms with Crippen LogP contribution in [0.2, 0.25) is 0 Å². The van der Waals surface area contributed by atoms with Gasteiger partial charge < -0.3 is 19.4 Å². The molecule has 3 saturated heterocycles. The van der Waals surface area contributed by atoms with Gasteiger partial charge in [-0.2, -0.15) is 0 Å². The van der Waals surface area contributed by atoms with Crippen LogP contribution in [0.5, 0.6) is 0 Å². The Balaban J connectivity index is 1.54. The molecular weight excluding hydrogens is 318 g/mol. The first-order valence-corrected chi connectivity index (χ1v) is 9.06. The molecule has 132 valence electrons. The summed E-state index contributed by atoms with van der Waals surface area (Å²) in [5, 5.41) is 0. The molecule has 3 aliphatic rings. The Morgan fingerprint density at radius 1 is 1.20 bits per heavy atom. The molecule has 7 heteroatoms. The van der Waals surface area contributed by atoms with E-state index in [1.165, 1.54) is 0 Å². The van der Waals surface area contributed by atoms with Gasteiger partial charge in [0.1, 0.15) is 6.20 Å². The van der Waals surface area contributed by atoms with E-state index >= 15 is 0 Å². The maximum atomic E-state index is 13.3. The summed E-state index contributed by atoms with van der Waals surface area (Å²) in [6.45, 7) is 11.1. The SMILES string of the molecule is [C-]#[N+]c1nccnc1N1CCC[C@]2(CCN(C3CCOCC3)C2=O)C1. The van der Waals surface area contributed by atoms with Crippen LogP contribution in [-0.4, -0.2) is 59.7 Å². The zero-order valence-electron chi connectivity index (χ0n) is 14.4. The molecular formula is C18H23N5O2. The monoisotopic (exact) mass is 341 g/mol. The van der Waals surface area contributed by atoms with Crippen molar-refractivity contribution in [3.8, 4) is 0 Å². The molecule has 25 heavy (non-hydrogen) atoms. The molecule has 0 unspecified atom stereocenters. The third-order valence-corrected chi connectivity index (χ3v) is 5.82. The molecule has 1 aromatic heterocycles. The van der Waals surface area contributed by atoms with Crippen LogP contribution < -0.4 is 4.90 Å². The largest absolute Gasteiger partial charge is 0.381 e. The Kier molecular flexibility index (Phi) is 4.30. The third-order valence-electron chi connectivity index (χ3n) is 5.82. The van der Waals surface area contributed by atoms with Crippen molar-refractivity contribution < 1.29 is 9.53 Å². The molecule has 0 N–H and O–H groups in total. The van der Waals surface area contributed by atoms with Crippen LogP contribution in [0.15, 0.2) is 12.4 Å². The van der Waals surface area contributed by atoms with Gasteiger partial charge in [-0.05, 0) is 32.1 Å². The van der Waals surface area contributed by atoms with E-state index in [0.717, 1.165) is 58.4 Å². The average molecular weight is 341 g/mol. The number of aromatic nitrogens is 2. The zero-order valence-corrected chi connectivity index (χ0v) is 14.4. The van der Waals surface area contributed by atoms with Crippen molar-refractivity contribution in [3.05, 3.63) is 23.8 Å². The number of carbonyl (C=O) groups is 1. The molecule has 0 aromatic carbocycles. The zero-order chi connectivity index (χ0) is 17.3. The van der Waals surface area contributed by atoms with Gasteiger partial charge in [0.05, 0.1) is 11.6 Å². The molecule has 1 aromatic rings. The van der Waals surface area contributed by atoms with E-state index in [4.69, 9.17) is 11.3 Å². The van der Waals surface area contributed by atoms with Gasteiger partial charge in [-0.25, -0.2) is 4.98 Å². The van der Waals surface area contributed by atoms with Gasteiger partial charge in [0.2, 0.25) is 5.91 Å². The van der Waals surface area contributed by atoms with Crippen LogP contribution in [-0.2, 0) is 9.53 Å². The number of amides is 1. The molecule has 0 saturated carbocycles. The van der Waals surface area contributed by atoms with E-state index in [1.807, 2.05) is 0 Å². The maximum Gasteiger partial charge on any atom is 0.312 e. The second kappa shape index (κ2) is 6.60. The van der Waals surface area contributed by atoms with Crippen LogP contribution in [0, 0.1) is 12.0 Å². The summed E-state index contributed by atoms with van der Waals surface area (Å²) < 4.78 is 5.44. The number of rotatable bonds is 2. The van der Waals surface area contributed by atoms with E-state index < -0.39 is 0 Å². The first-order valence-electron chi connectivity index (χ1n) is 9.06. The van der Waals surface area contributed by atoms with Crippen molar-refractivity contribution in [3.63, 3.8) is 0 Å². The van der Waals surface area contributed by atoms with Gasteiger partial charge in [-0.15, -0.1) is 4.98 Å². The fraction of sp³-hybridized carbons (Fsp3) is 0.667. The highest BCUT2D eigenvalue weighted by molar-refractivity contribution is 5.86. The second-order valence-electron chi connectivity index (χ2n) is 7.21. The van der Waals surface area contributed by atoms with Gasteiger partial charge in [-0.3, -0.25) is 4.79 Å². The summed E-state index contributed by atoms with van der Waals surface area (Å²) in [4.78, 5) is 29.5. The fourth-order valence-electron chi connectivity index (χ4n) is 4.51. The lowest BCUT2D eigenvalue weighted by atomic mass is 9.78. The molecule has 3 fully saturated rings. The number of hydrogen-bond donors (Lipinski definition) is 0. The summed E-state index contributed by atoms with van der Waals surface area (Å²) in [5.41, 5.74) is -0.326. The van der Waals surface area contributed by atoms with E-state index in [-0.39, 0.29) is 11.3 Å². The Bertz CT molecular complexity index is 697. The van der Waals surface area contributed by atoms with Gasteiger partial charge in [-0.1, -0.05) is 6.57 Å². The lowest BCUT2D eigenvalue weighted by Gasteiger charge is -2.40. The minimum absolute atomic E-state index is 0.289. The highest BCUT2D eigenvalue weighted by Gasteiger charge is 2.50. The van der Waals surface area contributed by atoms with Crippen molar-refractivity contribution in [1.82, 2.24) is 14.9 Å². The molecule has 7 nitrogen and oxygen atoms in total. The fourth-order valence-corrected chi connectivity index (χ4v) is 4.51. The lowest BCUT2D eigenvalue weighted by Crippen LogP contribution is -2.50. The Morgan fingerprint density at radius 2 is 2.00 bits per heavy atom. The third kappa shape index (κ3) is 2.85. The minimum atomic E-state index is -0.326. The summed E-state index contributed by atoms with van der Waals surface area (Å²) in [6.07, 6.45) is 7.82. The van der Waals surface area contributed by atoms with Crippen molar-refractivity contribution >= 4 is 17.5 Å². The first-order chi connectivity index (χ1) is 12.2. The molecule has 1 spiro atoms. The number of piperidine rings is 1. The molecule has 4 rings (SSSR count). The highest BCUT2D eigenvalue weighted by Crippen LogP contribution is 2.43. The van der Waals surface area contributed by atoms with Crippen LogP contribution in [0.3, 0.4) is 0 Å². The predicted molar refractivity (Wildman–Crippen MR) is 92.3 cm³/mol. The van der Waals surface area contributed by atoms with E-state index in [1.54, 1.807) is 12.4 Å². The number of nitrogens with zero attached hydrogens (tertiary/aromatic N) is 5. The second-order valence-corrected chi connectivity index (χ2v) is 7.21. The lowest BCUT2D eigenvalue weighted by molar-refractivity contribution is -0.139. The van der Waals surface area contributed by atoms with Crippen LogP contribution in [0.4, 0.5) is 11.6 Å². The van der Waals surface area contributed by atoms with E-state index in [0.29, 0.717) is 24.2 Å². The number of hydrogen-bond acceptors (Lipinski definition) is 5. The molecule has 0 aliphatic carbocycles. The van der Waals surface area contributed by atoms with Crippen molar-refractivity contribution in [2.75, 3.05) is 37.7 Å². The topological polar surface area (TPSA) is 62.9 Å². The maximum absolute atomic E-state index is 13.3. The molecule has 0 radical (unpaired) electrons. The van der Waals surface area contributed by atoms with Gasteiger partial charge >= 0.3 is 5.82 Å². The normalized spacial score (nSPS) is 27.7. The Morgan fingerprint density at radius 3 is 2.80 bits per heavy atom. The quantitative estimate of drug-likeness (QED) is 0.770. The van der Waals surface area contributed by atoms with Gasteiger partial charge in [0.15, 0.2) is 5.82 Å². The summed E-state index contributed by atoms with van der Waals surface area (Å²) in [5.74, 6) is 1.23. The van der Waals surface area contributed by atoms with Crippen molar-refractivity contribution in [2.45, 2.75) is 38.1 Å². The number of ether oxygens (including phenoxy) is 1. The number of likely N-dealkylation sites (tertiary alicyclic amines) is 1. The Labute approximate surface area is 147 Å². The number of anilines is 1. The molecule has 1 amide bonds. The predicted octanol–water partition coefficient (Wildman–Crippen LogP) is 2.03. The Hall–Kier alpha value is -2.20. The molecule has 4 heterocycles. The minimum Gasteiger partial charge on any atom is -0.381 e. The molecule has 1 atom stereocenters. The van der Waals surface area contributed by atoms with Gasteiger partial charge in [0.25, 0.3) is 0 Å². The summed E-state index contributed by atoms with van der Waals surface area (Å²) in [6, 6.07) is 0.325.